The molecule has 1 saturated carbocycles. The highest BCUT2D eigenvalue weighted by atomic mass is 35.5. The predicted octanol–water partition coefficient (Wildman–Crippen LogP) is 2.84. The van der Waals surface area contributed by atoms with Gasteiger partial charge in [0.1, 0.15) is 29.0 Å². The summed E-state index contributed by atoms with van der Waals surface area (Å²) in [6.07, 6.45) is 2.87. The zero-order valence-electron chi connectivity index (χ0n) is 16.9. The Morgan fingerprint density at radius 3 is 2.80 bits per heavy atom. The molecule has 3 aromatic heterocycles. The van der Waals surface area contributed by atoms with Crippen molar-refractivity contribution in [2.45, 2.75) is 44.9 Å². The predicted molar refractivity (Wildman–Crippen MR) is 114 cm³/mol. The minimum absolute atomic E-state index is 0.285. The summed E-state index contributed by atoms with van der Waals surface area (Å²) < 4.78 is 7.55. The lowest BCUT2D eigenvalue weighted by atomic mass is 9.59. The van der Waals surface area contributed by atoms with Crippen molar-refractivity contribution in [1.82, 2.24) is 19.5 Å². The van der Waals surface area contributed by atoms with Crippen molar-refractivity contribution in [2.24, 2.45) is 11.3 Å². The summed E-state index contributed by atoms with van der Waals surface area (Å²) in [6.45, 7) is 4.36. The molecule has 160 valence electrons. The van der Waals surface area contributed by atoms with Crippen molar-refractivity contribution in [3.05, 3.63) is 41.9 Å². The van der Waals surface area contributed by atoms with E-state index in [1.54, 1.807) is 18.2 Å². The summed E-state index contributed by atoms with van der Waals surface area (Å²) in [4.78, 5) is 12.4. The highest BCUT2D eigenvalue weighted by molar-refractivity contribution is 6.29. The van der Waals surface area contributed by atoms with Crippen LogP contribution >= 0.6 is 11.6 Å². The minimum Gasteiger partial charge on any atom is -0.477 e. The van der Waals surface area contributed by atoms with Gasteiger partial charge in [0.2, 0.25) is 5.88 Å². The summed E-state index contributed by atoms with van der Waals surface area (Å²) in [5.74, 6) is 1.17. The number of aliphatic hydroxyl groups is 2. The Labute approximate surface area is 179 Å². The Balaban J connectivity index is 1.37. The van der Waals surface area contributed by atoms with Gasteiger partial charge in [0.15, 0.2) is 0 Å². The number of halogens is 1. The second-order valence-corrected chi connectivity index (χ2v) is 8.82. The standard InChI is InChI=1S/C21H26ClN5O3/c1-12(27-7-6-14-19(23)24-11-25-20(14)27)17(28)18(29)21(2)8-13(9-21)10-30-16-5-3-4-15(22)26-16/h3-7,11-13,17-18,28-29H,8-10H2,1-2H3,(H2,23,24,25)/t12-,13?,17+,18+,21?/m1/s1. The Bertz CT molecular complexity index is 1040. The average Bonchev–Trinajstić information content (AvgIpc) is 3.14. The monoisotopic (exact) mass is 431 g/mol. The van der Waals surface area contributed by atoms with Crippen LogP contribution in [0.5, 0.6) is 5.88 Å². The molecular weight excluding hydrogens is 406 g/mol. The van der Waals surface area contributed by atoms with Gasteiger partial charge in [-0.2, -0.15) is 0 Å². The summed E-state index contributed by atoms with van der Waals surface area (Å²) in [5.41, 5.74) is 6.15. The fraction of sp³-hybridized carbons (Fsp3) is 0.476. The quantitative estimate of drug-likeness (QED) is 0.492. The van der Waals surface area contributed by atoms with Crippen LogP contribution in [0.2, 0.25) is 5.15 Å². The van der Waals surface area contributed by atoms with Crippen LogP contribution < -0.4 is 10.5 Å². The first kappa shape index (κ1) is 20.8. The van der Waals surface area contributed by atoms with E-state index >= 15 is 0 Å². The van der Waals surface area contributed by atoms with E-state index in [2.05, 4.69) is 15.0 Å². The number of hydrogen-bond acceptors (Lipinski definition) is 7. The molecule has 1 fully saturated rings. The highest BCUT2D eigenvalue weighted by Gasteiger charge is 2.49. The molecule has 4 rings (SSSR count). The van der Waals surface area contributed by atoms with Gasteiger partial charge >= 0.3 is 0 Å². The fourth-order valence-electron chi connectivity index (χ4n) is 4.45. The molecule has 3 heterocycles. The van der Waals surface area contributed by atoms with Gasteiger partial charge in [0, 0.05) is 12.3 Å². The molecule has 0 unspecified atom stereocenters. The first-order valence-electron chi connectivity index (χ1n) is 9.97. The van der Waals surface area contributed by atoms with Gasteiger partial charge in [0.25, 0.3) is 0 Å². The molecule has 9 heteroatoms. The largest absolute Gasteiger partial charge is 0.477 e. The van der Waals surface area contributed by atoms with Crippen LogP contribution in [-0.4, -0.2) is 48.5 Å². The number of hydrogen-bond donors (Lipinski definition) is 3. The van der Waals surface area contributed by atoms with Crippen LogP contribution in [0.25, 0.3) is 11.0 Å². The third-order valence-corrected chi connectivity index (χ3v) is 6.39. The molecule has 1 aliphatic carbocycles. The molecule has 8 nitrogen and oxygen atoms in total. The molecule has 1 aliphatic rings. The lowest BCUT2D eigenvalue weighted by Crippen LogP contribution is -2.52. The van der Waals surface area contributed by atoms with Gasteiger partial charge in [-0.25, -0.2) is 15.0 Å². The second kappa shape index (κ2) is 8.02. The van der Waals surface area contributed by atoms with Crippen LogP contribution in [0, 0.1) is 11.3 Å². The van der Waals surface area contributed by atoms with Crippen molar-refractivity contribution < 1.29 is 14.9 Å². The van der Waals surface area contributed by atoms with Gasteiger partial charge in [-0.1, -0.05) is 24.6 Å². The maximum absolute atomic E-state index is 10.9. The van der Waals surface area contributed by atoms with E-state index in [0.29, 0.717) is 29.1 Å². The molecular formula is C21H26ClN5O3. The Morgan fingerprint density at radius 2 is 2.07 bits per heavy atom. The summed E-state index contributed by atoms with van der Waals surface area (Å²) in [5, 5.41) is 23.0. The molecule has 0 bridgehead atoms. The van der Waals surface area contributed by atoms with E-state index in [9.17, 15) is 10.2 Å². The zero-order chi connectivity index (χ0) is 21.5. The van der Waals surface area contributed by atoms with Crippen LogP contribution in [0.4, 0.5) is 5.82 Å². The third kappa shape index (κ3) is 3.82. The summed E-state index contributed by atoms with van der Waals surface area (Å²) >= 11 is 5.88. The average molecular weight is 432 g/mol. The van der Waals surface area contributed by atoms with E-state index in [-0.39, 0.29) is 17.4 Å². The number of nitrogens with two attached hydrogens (primary N) is 1. The summed E-state index contributed by atoms with van der Waals surface area (Å²) in [7, 11) is 0. The molecule has 0 saturated heterocycles. The highest BCUT2D eigenvalue weighted by Crippen LogP contribution is 2.49. The number of anilines is 1. The number of aliphatic hydroxyl groups excluding tert-OH is 2. The lowest BCUT2D eigenvalue weighted by molar-refractivity contribution is -0.130. The van der Waals surface area contributed by atoms with Crippen LogP contribution in [0.1, 0.15) is 32.7 Å². The molecule has 0 aliphatic heterocycles. The molecule has 0 aromatic carbocycles. The Hall–Kier alpha value is -2.42. The maximum atomic E-state index is 10.9. The first-order chi connectivity index (χ1) is 14.3. The smallest absolute Gasteiger partial charge is 0.214 e. The van der Waals surface area contributed by atoms with Crippen molar-refractivity contribution in [2.75, 3.05) is 12.3 Å². The van der Waals surface area contributed by atoms with Crippen LogP contribution in [0.3, 0.4) is 0 Å². The van der Waals surface area contributed by atoms with Crippen molar-refractivity contribution >= 4 is 28.5 Å². The molecule has 3 aromatic rings. The Kier molecular flexibility index (Phi) is 5.57. The zero-order valence-corrected chi connectivity index (χ0v) is 17.7. The first-order valence-corrected chi connectivity index (χ1v) is 10.3. The maximum Gasteiger partial charge on any atom is 0.214 e. The minimum atomic E-state index is -0.960. The number of nitrogens with zero attached hydrogens (tertiary/aromatic N) is 4. The number of fused-ring (bicyclic) bond motifs is 1. The number of nitrogen functional groups attached to an aromatic ring is 1. The number of pyridine rings is 1. The second-order valence-electron chi connectivity index (χ2n) is 8.43. The molecule has 4 N–H and O–H groups in total. The lowest BCUT2D eigenvalue weighted by Gasteiger charge is -2.50. The van der Waals surface area contributed by atoms with Crippen LogP contribution in [-0.2, 0) is 0 Å². The van der Waals surface area contributed by atoms with Gasteiger partial charge in [0.05, 0.1) is 24.1 Å². The van der Waals surface area contributed by atoms with E-state index in [0.717, 1.165) is 18.2 Å². The summed E-state index contributed by atoms with van der Waals surface area (Å²) in [6, 6.07) is 6.70. The Morgan fingerprint density at radius 1 is 1.30 bits per heavy atom. The number of rotatable bonds is 7. The van der Waals surface area contributed by atoms with Crippen LogP contribution in [0.15, 0.2) is 36.8 Å². The van der Waals surface area contributed by atoms with Gasteiger partial charge in [-0.3, -0.25) is 0 Å². The van der Waals surface area contributed by atoms with Crippen molar-refractivity contribution in [3.63, 3.8) is 0 Å². The van der Waals surface area contributed by atoms with E-state index < -0.39 is 12.2 Å². The molecule has 30 heavy (non-hydrogen) atoms. The molecule has 0 spiro atoms. The van der Waals surface area contributed by atoms with Crippen molar-refractivity contribution in [1.29, 1.82) is 0 Å². The van der Waals surface area contributed by atoms with E-state index in [1.165, 1.54) is 6.33 Å². The molecule has 0 amide bonds. The molecule has 0 radical (unpaired) electrons. The fourth-order valence-corrected chi connectivity index (χ4v) is 4.61. The van der Waals surface area contributed by atoms with E-state index in [4.69, 9.17) is 22.1 Å². The van der Waals surface area contributed by atoms with Gasteiger partial charge in [-0.05, 0) is 43.2 Å². The van der Waals surface area contributed by atoms with Gasteiger partial charge < -0.3 is 25.3 Å². The molecule has 3 atom stereocenters. The topological polar surface area (TPSA) is 119 Å². The SMILES string of the molecule is C[C@H]([C@H](O)[C@H](O)C1(C)CC(COc2cccc(Cl)n2)C1)n1ccc2c(N)ncnc21. The van der Waals surface area contributed by atoms with Gasteiger partial charge in [-0.15, -0.1) is 0 Å². The van der Waals surface area contributed by atoms with E-state index in [1.807, 2.05) is 30.7 Å². The number of aromatic nitrogens is 4. The third-order valence-electron chi connectivity index (χ3n) is 6.18. The number of ether oxygens (including phenoxy) is 1. The normalized spacial score (nSPS) is 24.2. The van der Waals surface area contributed by atoms with Crippen molar-refractivity contribution in [3.8, 4) is 5.88 Å².